The van der Waals surface area contributed by atoms with Crippen LogP contribution in [0.4, 0.5) is 13.2 Å². The van der Waals surface area contributed by atoms with E-state index in [0.717, 1.165) is 47.3 Å². The Kier molecular flexibility index (Phi) is 10.4. The van der Waals surface area contributed by atoms with E-state index in [1.54, 1.807) is 7.11 Å². The van der Waals surface area contributed by atoms with Gasteiger partial charge in [0.15, 0.2) is 17.5 Å². The second-order valence-electron chi connectivity index (χ2n) is 11.9. The average molecular weight is 616 g/mol. The van der Waals surface area contributed by atoms with Crippen molar-refractivity contribution in [2.45, 2.75) is 51.2 Å². The quantitative estimate of drug-likeness (QED) is 0.272. The number of aliphatic hydroxyl groups excluding tert-OH is 1. The number of methoxy groups -OCH3 is 1. The maximum Gasteiger partial charge on any atom is 0.309 e. The fourth-order valence-electron chi connectivity index (χ4n) is 6.47. The summed E-state index contributed by atoms with van der Waals surface area (Å²) < 4.78 is 51.3. The molecule has 2 aromatic carbocycles. The van der Waals surface area contributed by atoms with E-state index < -0.39 is 34.9 Å². The van der Waals surface area contributed by atoms with Gasteiger partial charge in [0.05, 0.1) is 37.4 Å². The molecule has 2 saturated heterocycles. The van der Waals surface area contributed by atoms with Crippen LogP contribution in [0.3, 0.4) is 0 Å². The Morgan fingerprint density at radius 2 is 1.77 bits per heavy atom. The monoisotopic (exact) mass is 615 g/mol. The van der Waals surface area contributed by atoms with Gasteiger partial charge < -0.3 is 24.6 Å². The van der Waals surface area contributed by atoms with E-state index in [-0.39, 0.29) is 6.42 Å². The number of piperidine rings is 1. The highest BCUT2D eigenvalue weighted by atomic mass is 19.2. The van der Waals surface area contributed by atoms with Crippen LogP contribution in [0, 0.1) is 22.9 Å². The highest BCUT2D eigenvalue weighted by Crippen LogP contribution is 2.40. The first-order valence-electron chi connectivity index (χ1n) is 15.2. The normalized spacial score (nSPS) is 18.4. The number of hydrogen-bond acceptors (Lipinski definition) is 7. The van der Waals surface area contributed by atoms with Crippen molar-refractivity contribution in [3.05, 3.63) is 70.7 Å². The first-order chi connectivity index (χ1) is 21.2. The number of benzene rings is 2. The van der Waals surface area contributed by atoms with Crippen molar-refractivity contribution < 1.29 is 37.7 Å². The van der Waals surface area contributed by atoms with Crippen LogP contribution < -0.4 is 4.74 Å². The molecular weight excluding hydrogens is 575 g/mol. The molecule has 3 aromatic rings. The van der Waals surface area contributed by atoms with Crippen molar-refractivity contribution in [2.24, 2.45) is 5.41 Å². The number of aliphatic hydroxyl groups is 1. The van der Waals surface area contributed by atoms with Crippen molar-refractivity contribution >= 4 is 16.9 Å². The number of fused-ring (bicyclic) bond motifs is 1. The van der Waals surface area contributed by atoms with Gasteiger partial charge in [0.2, 0.25) is 0 Å². The predicted molar refractivity (Wildman–Crippen MR) is 159 cm³/mol. The highest BCUT2D eigenvalue weighted by Gasteiger charge is 2.41. The lowest BCUT2D eigenvalue weighted by atomic mass is 9.73. The molecule has 2 aliphatic rings. The second kappa shape index (κ2) is 14.2. The molecule has 5 rings (SSSR count). The summed E-state index contributed by atoms with van der Waals surface area (Å²) in [6, 6.07) is 7.61. The second-order valence-corrected chi connectivity index (χ2v) is 11.9. The van der Waals surface area contributed by atoms with Gasteiger partial charge in [0, 0.05) is 31.2 Å². The number of nitrogens with zero attached hydrogens (tertiary/aromatic N) is 3. The zero-order chi connectivity index (χ0) is 31.3. The maximum absolute atomic E-state index is 13.5. The van der Waals surface area contributed by atoms with Gasteiger partial charge in [-0.15, -0.1) is 0 Å². The molecule has 0 spiro atoms. The molecule has 2 N–H and O–H groups in total. The molecule has 0 bridgehead atoms. The molecule has 2 fully saturated rings. The highest BCUT2D eigenvalue weighted by molar-refractivity contribution is 5.85. The third-order valence-corrected chi connectivity index (χ3v) is 9.18. The first kappa shape index (κ1) is 32.2. The summed E-state index contributed by atoms with van der Waals surface area (Å²) in [4.78, 5) is 21.7. The fourth-order valence-corrected chi connectivity index (χ4v) is 6.47. The molecule has 0 saturated carbocycles. The molecule has 0 amide bonds. The Hall–Kier alpha value is -3.25. The number of aliphatic carboxylic acids is 1. The van der Waals surface area contributed by atoms with E-state index in [2.05, 4.69) is 14.8 Å². The summed E-state index contributed by atoms with van der Waals surface area (Å²) >= 11 is 0. The molecule has 1 aromatic heterocycles. The largest absolute Gasteiger partial charge is 0.497 e. The standard InChI is InChI=1S/C33H40F3N3O5/c1-43-24-4-5-28-25(19-24)30(23(20-37-28)21-39-13-15-44-16-14-39)29(40)6-7-33(32(41)42)8-11-38(12-9-33)10-2-3-22-17-26(34)31(36)27(35)18-22/h4-5,17-20,29,40H,2-3,6-16,21H2,1H3,(H,41,42)/t29-/m1/s1. The van der Waals surface area contributed by atoms with Gasteiger partial charge in [-0.05, 0) is 105 Å². The number of aromatic nitrogens is 1. The number of morpholine rings is 1. The number of pyridine rings is 1. The number of carboxylic acids is 1. The summed E-state index contributed by atoms with van der Waals surface area (Å²) in [5.74, 6) is -4.07. The molecule has 11 heteroatoms. The Morgan fingerprint density at radius 1 is 1.07 bits per heavy atom. The van der Waals surface area contributed by atoms with Crippen molar-refractivity contribution in [3.63, 3.8) is 0 Å². The van der Waals surface area contributed by atoms with Crippen LogP contribution in [0.2, 0.25) is 0 Å². The van der Waals surface area contributed by atoms with E-state index in [0.29, 0.717) is 82.8 Å². The first-order valence-corrected chi connectivity index (χ1v) is 15.2. The van der Waals surface area contributed by atoms with Crippen LogP contribution in [0.25, 0.3) is 10.9 Å². The summed E-state index contributed by atoms with van der Waals surface area (Å²) in [6.07, 6.45) is 3.36. The van der Waals surface area contributed by atoms with Crippen LogP contribution in [0.15, 0.2) is 36.5 Å². The lowest BCUT2D eigenvalue weighted by Crippen LogP contribution is -2.44. The Morgan fingerprint density at radius 3 is 2.43 bits per heavy atom. The number of halogens is 3. The van der Waals surface area contributed by atoms with Crippen molar-refractivity contribution in [1.82, 2.24) is 14.8 Å². The number of carbonyl (C=O) groups is 1. The Labute approximate surface area is 255 Å². The number of likely N-dealkylation sites (tertiary alicyclic amines) is 1. The third kappa shape index (κ3) is 7.34. The Bertz CT molecular complexity index is 1440. The van der Waals surface area contributed by atoms with Gasteiger partial charge in [0.1, 0.15) is 5.75 Å². The molecule has 3 heterocycles. The van der Waals surface area contributed by atoms with Crippen LogP contribution in [-0.2, 0) is 22.5 Å². The molecule has 8 nitrogen and oxygen atoms in total. The predicted octanol–water partition coefficient (Wildman–Crippen LogP) is 5.11. The Balaban J connectivity index is 1.25. The van der Waals surface area contributed by atoms with E-state index in [1.165, 1.54) is 0 Å². The lowest BCUT2D eigenvalue weighted by Gasteiger charge is -2.39. The van der Waals surface area contributed by atoms with E-state index in [1.807, 2.05) is 24.4 Å². The smallest absolute Gasteiger partial charge is 0.309 e. The molecular formula is C33H40F3N3O5. The zero-order valence-corrected chi connectivity index (χ0v) is 25.0. The SMILES string of the molecule is COc1ccc2ncc(CN3CCOCC3)c([C@H](O)CCC3(C(=O)O)CCN(CCCc4cc(F)c(F)c(F)c4)CC3)c2c1. The number of rotatable bonds is 12. The van der Waals surface area contributed by atoms with Gasteiger partial charge in [-0.3, -0.25) is 14.7 Å². The fraction of sp³-hybridized carbons (Fsp3) is 0.515. The number of aryl methyl sites for hydroxylation is 1. The van der Waals surface area contributed by atoms with Crippen LogP contribution in [0.1, 0.15) is 54.9 Å². The summed E-state index contributed by atoms with van der Waals surface area (Å²) in [6.45, 7) is 5.21. The topological polar surface area (TPSA) is 95.4 Å². The van der Waals surface area contributed by atoms with Gasteiger partial charge in [-0.2, -0.15) is 0 Å². The summed E-state index contributed by atoms with van der Waals surface area (Å²) in [5.41, 5.74) is 1.82. The number of carboxylic acid groups (broad SMARTS) is 1. The minimum Gasteiger partial charge on any atom is -0.497 e. The summed E-state index contributed by atoms with van der Waals surface area (Å²) in [7, 11) is 1.59. The molecule has 2 aliphatic heterocycles. The average Bonchev–Trinajstić information content (AvgIpc) is 3.03. The van der Waals surface area contributed by atoms with Crippen molar-refractivity contribution in [2.75, 3.05) is 53.0 Å². The van der Waals surface area contributed by atoms with Gasteiger partial charge >= 0.3 is 5.97 Å². The van der Waals surface area contributed by atoms with Crippen LogP contribution in [-0.4, -0.2) is 84.0 Å². The third-order valence-electron chi connectivity index (χ3n) is 9.18. The molecule has 1 atom stereocenters. The maximum atomic E-state index is 13.5. The van der Waals surface area contributed by atoms with E-state index in [9.17, 15) is 28.2 Å². The minimum absolute atomic E-state index is 0.278. The van der Waals surface area contributed by atoms with E-state index >= 15 is 0 Å². The van der Waals surface area contributed by atoms with Crippen molar-refractivity contribution in [1.29, 1.82) is 0 Å². The van der Waals surface area contributed by atoms with E-state index in [4.69, 9.17) is 9.47 Å². The molecule has 238 valence electrons. The number of ether oxygens (including phenoxy) is 2. The lowest BCUT2D eigenvalue weighted by molar-refractivity contribution is -0.153. The molecule has 44 heavy (non-hydrogen) atoms. The van der Waals surface area contributed by atoms with Crippen molar-refractivity contribution in [3.8, 4) is 5.75 Å². The zero-order valence-electron chi connectivity index (χ0n) is 25.0. The number of hydrogen-bond donors (Lipinski definition) is 2. The van der Waals surface area contributed by atoms with Gasteiger partial charge in [-0.1, -0.05) is 0 Å². The molecule has 0 unspecified atom stereocenters. The molecule has 0 radical (unpaired) electrons. The minimum atomic E-state index is -1.47. The molecule has 0 aliphatic carbocycles. The van der Waals surface area contributed by atoms with Crippen LogP contribution in [0.5, 0.6) is 5.75 Å². The van der Waals surface area contributed by atoms with Gasteiger partial charge in [0.25, 0.3) is 0 Å². The van der Waals surface area contributed by atoms with Crippen LogP contribution >= 0.6 is 0 Å². The summed E-state index contributed by atoms with van der Waals surface area (Å²) in [5, 5.41) is 22.8. The van der Waals surface area contributed by atoms with Gasteiger partial charge in [-0.25, -0.2) is 13.2 Å².